The molecule has 0 aromatic rings. The molecule has 0 amide bonds. The number of aliphatic carboxylic acids is 1. The van der Waals surface area contributed by atoms with Gasteiger partial charge in [0.2, 0.25) is 5.60 Å². The summed E-state index contributed by atoms with van der Waals surface area (Å²) in [7, 11) is 0. The maximum atomic E-state index is 12.0. The van der Waals surface area contributed by atoms with Crippen LogP contribution >= 0.6 is 0 Å². The van der Waals surface area contributed by atoms with E-state index in [-0.39, 0.29) is 5.60 Å². The van der Waals surface area contributed by atoms with E-state index >= 15 is 0 Å². The highest BCUT2D eigenvalue weighted by atomic mass is 16.6. The van der Waals surface area contributed by atoms with Crippen molar-refractivity contribution in [2.75, 3.05) is 0 Å². The van der Waals surface area contributed by atoms with Crippen LogP contribution in [0.3, 0.4) is 0 Å². The highest BCUT2D eigenvalue weighted by molar-refractivity contribution is 5.87. The Bertz CT molecular complexity index is 581. The van der Waals surface area contributed by atoms with Gasteiger partial charge in [-0.3, -0.25) is 4.79 Å². The molecule has 2 atom stereocenters. The fraction of sp³-hybridized carbons (Fsp3) is 0.625. The Hall–Kier alpha value is -1.78. The Morgan fingerprint density at radius 2 is 1.90 bits per heavy atom. The predicted octanol–water partition coefficient (Wildman–Crippen LogP) is 2.81. The molecule has 0 spiro atoms. The lowest BCUT2D eigenvalue weighted by Crippen LogP contribution is -2.52. The van der Waals surface area contributed by atoms with Gasteiger partial charge in [-0.25, -0.2) is 4.79 Å². The second-order valence-electron chi connectivity index (χ2n) is 6.50. The monoisotopic (exact) mass is 294 g/mol. The quantitative estimate of drug-likeness (QED) is 0.793. The van der Waals surface area contributed by atoms with Crippen molar-refractivity contribution in [1.82, 2.24) is 0 Å². The highest BCUT2D eigenvalue weighted by Crippen LogP contribution is 2.51. The van der Waals surface area contributed by atoms with Crippen LogP contribution in [0.15, 0.2) is 22.5 Å². The molecule has 0 aromatic carbocycles. The first-order valence-electron chi connectivity index (χ1n) is 7.06. The number of rotatable bonds is 2. The van der Waals surface area contributed by atoms with E-state index in [4.69, 9.17) is 9.47 Å². The Kier molecular flexibility index (Phi) is 3.43. The normalized spacial score (nSPS) is 30.9. The minimum atomic E-state index is -1.64. The first-order valence-corrected chi connectivity index (χ1v) is 7.06. The molecule has 21 heavy (non-hydrogen) atoms. The maximum absolute atomic E-state index is 12.0. The molecule has 0 saturated heterocycles. The van der Waals surface area contributed by atoms with Crippen molar-refractivity contribution in [2.24, 2.45) is 5.92 Å². The van der Waals surface area contributed by atoms with E-state index < -0.39 is 23.5 Å². The number of allylic oxidation sites excluding steroid dienone is 1. The molecule has 1 aliphatic heterocycles. The molecular weight excluding hydrogens is 272 g/mol. The van der Waals surface area contributed by atoms with Gasteiger partial charge in [-0.2, -0.15) is 0 Å². The van der Waals surface area contributed by atoms with Gasteiger partial charge in [-0.15, -0.1) is 0 Å². The summed E-state index contributed by atoms with van der Waals surface area (Å²) in [4.78, 5) is 23.4. The number of esters is 1. The van der Waals surface area contributed by atoms with Gasteiger partial charge in [0, 0.05) is 19.3 Å². The van der Waals surface area contributed by atoms with Crippen molar-refractivity contribution in [3.05, 3.63) is 22.5 Å². The van der Waals surface area contributed by atoms with Crippen molar-refractivity contribution in [3.63, 3.8) is 0 Å². The van der Waals surface area contributed by atoms with Crippen molar-refractivity contribution < 1.29 is 24.2 Å². The fourth-order valence-electron chi connectivity index (χ4n) is 3.38. The van der Waals surface area contributed by atoms with Crippen molar-refractivity contribution in [2.45, 2.75) is 59.2 Å². The van der Waals surface area contributed by atoms with E-state index in [2.05, 4.69) is 0 Å². The van der Waals surface area contributed by atoms with Gasteiger partial charge in [0.15, 0.2) is 0 Å². The van der Waals surface area contributed by atoms with Crippen molar-refractivity contribution in [3.8, 4) is 0 Å². The molecule has 5 nitrogen and oxygen atoms in total. The molecule has 0 aromatic heterocycles. The molecule has 1 aliphatic carbocycles. The largest absolute Gasteiger partial charge is 0.487 e. The molecular formula is C16H22O5. The third kappa shape index (κ3) is 2.15. The summed E-state index contributed by atoms with van der Waals surface area (Å²) in [5.74, 6) is -1.44. The van der Waals surface area contributed by atoms with Gasteiger partial charge >= 0.3 is 11.9 Å². The number of carboxylic acids is 1. The number of carbonyl (C=O) groups is 2. The summed E-state index contributed by atoms with van der Waals surface area (Å²) in [5, 5.41) is 9.77. The third-order valence-corrected chi connectivity index (χ3v) is 4.50. The SMILES string of the molecule is CC(=O)OC1(C(=O)O)C(C)=C(C)C2=C(CC(C)(C)O2)C1C. The molecule has 0 fully saturated rings. The topological polar surface area (TPSA) is 72.8 Å². The van der Waals surface area contributed by atoms with Gasteiger partial charge in [0.25, 0.3) is 0 Å². The zero-order valence-corrected chi connectivity index (χ0v) is 13.4. The van der Waals surface area contributed by atoms with Crippen molar-refractivity contribution >= 4 is 11.9 Å². The fourth-order valence-corrected chi connectivity index (χ4v) is 3.38. The average molecular weight is 294 g/mol. The Morgan fingerprint density at radius 1 is 1.33 bits per heavy atom. The van der Waals surface area contributed by atoms with Crippen LogP contribution in [0, 0.1) is 5.92 Å². The number of carbonyl (C=O) groups excluding carboxylic acids is 1. The van der Waals surface area contributed by atoms with E-state index in [1.54, 1.807) is 13.8 Å². The van der Waals surface area contributed by atoms with Crippen LogP contribution in [-0.2, 0) is 19.1 Å². The molecule has 0 radical (unpaired) electrons. The number of hydrogen-bond acceptors (Lipinski definition) is 4. The van der Waals surface area contributed by atoms with Crippen LogP contribution in [0.4, 0.5) is 0 Å². The number of ether oxygens (including phenoxy) is 2. The number of hydrogen-bond donors (Lipinski definition) is 1. The maximum Gasteiger partial charge on any atom is 0.353 e. The second-order valence-corrected chi connectivity index (χ2v) is 6.50. The average Bonchev–Trinajstić information content (AvgIpc) is 2.67. The Balaban J connectivity index is 2.62. The van der Waals surface area contributed by atoms with Crippen LogP contribution < -0.4 is 0 Å². The van der Waals surface area contributed by atoms with E-state index in [0.29, 0.717) is 12.0 Å². The standard InChI is InChI=1S/C16H22O5/c1-8-9(2)16(14(18)19,20-11(4)17)10(3)12-7-15(5,6)21-13(8)12/h10H,7H2,1-6H3,(H,18,19). The van der Waals surface area contributed by atoms with Gasteiger partial charge in [-0.05, 0) is 44.4 Å². The zero-order chi connectivity index (χ0) is 16.2. The van der Waals surface area contributed by atoms with E-state index in [1.165, 1.54) is 6.92 Å². The van der Waals surface area contributed by atoms with Crippen LogP contribution in [0.5, 0.6) is 0 Å². The molecule has 2 aliphatic rings. The highest BCUT2D eigenvalue weighted by Gasteiger charge is 2.56. The molecule has 0 bridgehead atoms. The molecule has 2 unspecified atom stereocenters. The number of carboxylic acid groups (broad SMARTS) is 1. The summed E-state index contributed by atoms with van der Waals surface area (Å²) in [6.07, 6.45) is 0.629. The van der Waals surface area contributed by atoms with Gasteiger partial charge in [0.05, 0.1) is 0 Å². The van der Waals surface area contributed by atoms with Gasteiger partial charge in [-0.1, -0.05) is 6.92 Å². The minimum absolute atomic E-state index is 0.370. The lowest BCUT2D eigenvalue weighted by molar-refractivity contribution is -0.177. The summed E-state index contributed by atoms with van der Waals surface area (Å²) in [6, 6.07) is 0. The summed E-state index contributed by atoms with van der Waals surface area (Å²) < 4.78 is 11.3. The zero-order valence-electron chi connectivity index (χ0n) is 13.4. The van der Waals surface area contributed by atoms with Gasteiger partial charge in [0.1, 0.15) is 11.4 Å². The molecule has 1 heterocycles. The first-order chi connectivity index (χ1) is 9.53. The molecule has 2 rings (SSSR count). The second kappa shape index (κ2) is 4.61. The predicted molar refractivity (Wildman–Crippen MR) is 76.5 cm³/mol. The van der Waals surface area contributed by atoms with Crippen LogP contribution in [0.2, 0.25) is 0 Å². The van der Waals surface area contributed by atoms with E-state index in [0.717, 1.165) is 16.9 Å². The Morgan fingerprint density at radius 3 is 2.38 bits per heavy atom. The first kappa shape index (κ1) is 15.6. The molecule has 1 N–H and O–H groups in total. The van der Waals surface area contributed by atoms with Gasteiger partial charge < -0.3 is 14.6 Å². The van der Waals surface area contributed by atoms with E-state index in [1.807, 2.05) is 20.8 Å². The van der Waals surface area contributed by atoms with Crippen LogP contribution in [0.25, 0.3) is 0 Å². The molecule has 116 valence electrons. The third-order valence-electron chi connectivity index (χ3n) is 4.50. The summed E-state index contributed by atoms with van der Waals surface area (Å²) in [5.41, 5.74) is 0.169. The lowest BCUT2D eigenvalue weighted by atomic mass is 9.70. The smallest absolute Gasteiger partial charge is 0.353 e. The minimum Gasteiger partial charge on any atom is -0.487 e. The summed E-state index contributed by atoms with van der Waals surface area (Å²) in [6.45, 7) is 10.5. The summed E-state index contributed by atoms with van der Waals surface area (Å²) >= 11 is 0. The van der Waals surface area contributed by atoms with Crippen molar-refractivity contribution in [1.29, 1.82) is 0 Å². The Labute approximate surface area is 124 Å². The molecule has 0 saturated carbocycles. The van der Waals surface area contributed by atoms with Crippen LogP contribution in [-0.4, -0.2) is 28.2 Å². The lowest BCUT2D eigenvalue weighted by Gasteiger charge is -2.39. The van der Waals surface area contributed by atoms with E-state index in [9.17, 15) is 14.7 Å². The van der Waals surface area contributed by atoms with Crippen LogP contribution in [0.1, 0.15) is 48.0 Å². The molecule has 5 heteroatoms.